The summed E-state index contributed by atoms with van der Waals surface area (Å²) in [6, 6.07) is 8.20. The highest BCUT2D eigenvalue weighted by atomic mass is 16.5. The largest absolute Gasteiger partial charge is 0.497 e. The fraction of sp³-hybridized carbons (Fsp3) is 0.632. The topological polar surface area (TPSA) is 47.6 Å². The van der Waals surface area contributed by atoms with Crippen LogP contribution in [0.1, 0.15) is 45.6 Å². The Morgan fingerprint density at radius 1 is 1.22 bits per heavy atom. The second kappa shape index (κ2) is 7.35. The molecule has 0 radical (unpaired) electrons. The molecule has 4 nitrogen and oxygen atoms in total. The van der Waals surface area contributed by atoms with Crippen LogP contribution in [0.4, 0.5) is 0 Å². The van der Waals surface area contributed by atoms with E-state index in [0.29, 0.717) is 13.0 Å². The van der Waals surface area contributed by atoms with Gasteiger partial charge in [-0.25, -0.2) is 0 Å². The van der Waals surface area contributed by atoms with Gasteiger partial charge in [-0.2, -0.15) is 0 Å². The SMILES string of the molecule is COc1ccc(C2(CNC(=O)CC(C)(C)C)CCOCC2)cc1. The molecule has 0 atom stereocenters. The van der Waals surface area contributed by atoms with E-state index in [-0.39, 0.29) is 16.7 Å². The van der Waals surface area contributed by atoms with E-state index in [9.17, 15) is 4.79 Å². The van der Waals surface area contributed by atoms with Gasteiger partial charge >= 0.3 is 0 Å². The molecule has 2 rings (SSSR count). The van der Waals surface area contributed by atoms with Crippen LogP contribution in [0.5, 0.6) is 5.75 Å². The number of carbonyl (C=O) groups excluding carboxylic acids is 1. The summed E-state index contributed by atoms with van der Waals surface area (Å²) in [5.41, 5.74) is 1.21. The van der Waals surface area contributed by atoms with Gasteiger partial charge in [0.1, 0.15) is 5.75 Å². The molecule has 1 aliphatic heterocycles. The molecule has 1 heterocycles. The fourth-order valence-electron chi connectivity index (χ4n) is 3.09. The predicted molar refractivity (Wildman–Crippen MR) is 91.8 cm³/mol. The molecule has 0 aliphatic carbocycles. The van der Waals surface area contributed by atoms with E-state index >= 15 is 0 Å². The number of carbonyl (C=O) groups is 1. The normalized spacial score (nSPS) is 17.6. The molecule has 1 aliphatic rings. The average molecular weight is 319 g/mol. The second-order valence-electron chi connectivity index (χ2n) is 7.64. The van der Waals surface area contributed by atoms with Crippen molar-refractivity contribution in [3.63, 3.8) is 0 Å². The summed E-state index contributed by atoms with van der Waals surface area (Å²) in [6.07, 6.45) is 2.40. The first-order chi connectivity index (χ1) is 10.8. The first-order valence-corrected chi connectivity index (χ1v) is 8.34. The molecular formula is C19H29NO3. The summed E-state index contributed by atoms with van der Waals surface area (Å²) in [5.74, 6) is 0.976. The zero-order valence-corrected chi connectivity index (χ0v) is 14.8. The van der Waals surface area contributed by atoms with Gasteiger partial charge in [-0.05, 0) is 36.0 Å². The van der Waals surface area contributed by atoms with Crippen molar-refractivity contribution >= 4 is 5.91 Å². The number of methoxy groups -OCH3 is 1. The maximum atomic E-state index is 12.2. The molecular weight excluding hydrogens is 290 g/mol. The predicted octanol–water partition coefficient (Wildman–Crippen LogP) is 3.30. The molecule has 0 spiro atoms. The quantitative estimate of drug-likeness (QED) is 0.906. The lowest BCUT2D eigenvalue weighted by Crippen LogP contribution is -2.45. The number of hydrogen-bond donors (Lipinski definition) is 1. The van der Waals surface area contributed by atoms with Crippen molar-refractivity contribution in [1.82, 2.24) is 5.32 Å². The Bertz CT molecular complexity index is 510. The smallest absolute Gasteiger partial charge is 0.220 e. The molecule has 1 aromatic carbocycles. The average Bonchev–Trinajstić information content (AvgIpc) is 2.52. The van der Waals surface area contributed by atoms with Crippen LogP contribution < -0.4 is 10.1 Å². The maximum absolute atomic E-state index is 12.2. The van der Waals surface area contributed by atoms with Crippen LogP contribution in [0, 0.1) is 5.41 Å². The van der Waals surface area contributed by atoms with E-state index < -0.39 is 0 Å². The highest BCUT2D eigenvalue weighted by Crippen LogP contribution is 2.35. The summed E-state index contributed by atoms with van der Waals surface area (Å²) >= 11 is 0. The monoisotopic (exact) mass is 319 g/mol. The molecule has 1 N–H and O–H groups in total. The number of benzene rings is 1. The molecule has 1 amide bonds. The van der Waals surface area contributed by atoms with Crippen molar-refractivity contribution in [2.24, 2.45) is 5.41 Å². The van der Waals surface area contributed by atoms with Gasteiger partial charge in [0.25, 0.3) is 0 Å². The zero-order chi connectivity index (χ0) is 16.9. The molecule has 0 bridgehead atoms. The van der Waals surface area contributed by atoms with Gasteiger partial charge in [-0.1, -0.05) is 32.9 Å². The summed E-state index contributed by atoms with van der Waals surface area (Å²) in [6.45, 7) is 8.39. The summed E-state index contributed by atoms with van der Waals surface area (Å²) < 4.78 is 10.8. The van der Waals surface area contributed by atoms with E-state index in [0.717, 1.165) is 31.8 Å². The van der Waals surface area contributed by atoms with Crippen LogP contribution >= 0.6 is 0 Å². The first kappa shape index (κ1) is 17.8. The Labute approximate surface area is 139 Å². The second-order valence-corrected chi connectivity index (χ2v) is 7.64. The lowest BCUT2D eigenvalue weighted by atomic mass is 9.74. The molecule has 1 fully saturated rings. The van der Waals surface area contributed by atoms with Crippen molar-refractivity contribution in [1.29, 1.82) is 0 Å². The third-order valence-electron chi connectivity index (χ3n) is 4.47. The Morgan fingerprint density at radius 2 is 1.83 bits per heavy atom. The lowest BCUT2D eigenvalue weighted by Gasteiger charge is -2.38. The van der Waals surface area contributed by atoms with Crippen LogP contribution in [0.15, 0.2) is 24.3 Å². The van der Waals surface area contributed by atoms with Gasteiger partial charge in [0.2, 0.25) is 5.91 Å². The Kier molecular flexibility index (Phi) is 5.69. The Morgan fingerprint density at radius 3 is 2.35 bits per heavy atom. The van der Waals surface area contributed by atoms with Gasteiger partial charge in [-0.3, -0.25) is 4.79 Å². The number of rotatable bonds is 5. The van der Waals surface area contributed by atoms with Crippen LogP contribution in [0.25, 0.3) is 0 Å². The van der Waals surface area contributed by atoms with Crippen molar-refractivity contribution < 1.29 is 14.3 Å². The standard InChI is InChI=1S/C19H29NO3/c1-18(2,3)13-17(21)20-14-19(9-11-23-12-10-19)15-5-7-16(22-4)8-6-15/h5-8H,9-14H2,1-4H3,(H,20,21). The molecule has 128 valence electrons. The molecule has 0 aromatic heterocycles. The number of amides is 1. The Balaban J connectivity index is 2.10. The van der Waals surface area contributed by atoms with Crippen LogP contribution in [-0.2, 0) is 14.9 Å². The molecule has 1 aromatic rings. The van der Waals surface area contributed by atoms with Gasteiger partial charge in [0.15, 0.2) is 0 Å². The van der Waals surface area contributed by atoms with Gasteiger partial charge in [0.05, 0.1) is 7.11 Å². The number of hydrogen-bond acceptors (Lipinski definition) is 3. The summed E-state index contributed by atoms with van der Waals surface area (Å²) in [5, 5.41) is 3.15. The minimum atomic E-state index is -0.0436. The van der Waals surface area contributed by atoms with Crippen LogP contribution in [-0.4, -0.2) is 32.8 Å². The molecule has 23 heavy (non-hydrogen) atoms. The van der Waals surface area contributed by atoms with E-state index in [4.69, 9.17) is 9.47 Å². The Hall–Kier alpha value is -1.55. The molecule has 0 saturated carbocycles. The summed E-state index contributed by atoms with van der Waals surface area (Å²) in [7, 11) is 1.67. The van der Waals surface area contributed by atoms with Gasteiger partial charge in [-0.15, -0.1) is 0 Å². The van der Waals surface area contributed by atoms with Crippen LogP contribution in [0.2, 0.25) is 0 Å². The van der Waals surface area contributed by atoms with Gasteiger partial charge in [0, 0.05) is 31.6 Å². The third kappa shape index (κ3) is 4.96. The molecule has 1 saturated heterocycles. The summed E-state index contributed by atoms with van der Waals surface area (Å²) in [4.78, 5) is 12.2. The van der Waals surface area contributed by atoms with Gasteiger partial charge < -0.3 is 14.8 Å². The van der Waals surface area contributed by atoms with Crippen LogP contribution in [0.3, 0.4) is 0 Å². The number of nitrogens with one attached hydrogen (secondary N) is 1. The van der Waals surface area contributed by atoms with Crippen molar-refractivity contribution in [3.8, 4) is 5.75 Å². The van der Waals surface area contributed by atoms with E-state index in [2.05, 4.69) is 38.2 Å². The highest BCUT2D eigenvalue weighted by Gasteiger charge is 2.35. The van der Waals surface area contributed by atoms with E-state index in [1.54, 1.807) is 7.11 Å². The minimum Gasteiger partial charge on any atom is -0.497 e. The van der Waals surface area contributed by atoms with Crippen molar-refractivity contribution in [2.45, 2.75) is 45.4 Å². The lowest BCUT2D eigenvalue weighted by molar-refractivity contribution is -0.123. The van der Waals surface area contributed by atoms with E-state index in [1.807, 2.05) is 12.1 Å². The van der Waals surface area contributed by atoms with Crippen molar-refractivity contribution in [2.75, 3.05) is 26.9 Å². The third-order valence-corrected chi connectivity index (χ3v) is 4.47. The molecule has 0 unspecified atom stereocenters. The van der Waals surface area contributed by atoms with Crippen molar-refractivity contribution in [3.05, 3.63) is 29.8 Å². The number of ether oxygens (including phenoxy) is 2. The highest BCUT2D eigenvalue weighted by molar-refractivity contribution is 5.76. The first-order valence-electron chi connectivity index (χ1n) is 8.34. The fourth-order valence-corrected chi connectivity index (χ4v) is 3.09. The zero-order valence-electron chi connectivity index (χ0n) is 14.8. The molecule has 4 heteroatoms. The minimum absolute atomic E-state index is 0.00698. The maximum Gasteiger partial charge on any atom is 0.220 e. The van der Waals surface area contributed by atoms with E-state index in [1.165, 1.54) is 5.56 Å².